The predicted octanol–water partition coefficient (Wildman–Crippen LogP) is 1.78. The number of anilines is 1. The van der Waals surface area contributed by atoms with Gasteiger partial charge in [0.15, 0.2) is 11.6 Å². The van der Waals surface area contributed by atoms with Crippen molar-refractivity contribution in [3.8, 4) is 0 Å². The summed E-state index contributed by atoms with van der Waals surface area (Å²) in [5, 5.41) is 2.05. The molecule has 1 amide bonds. The van der Waals surface area contributed by atoms with Crippen LogP contribution in [0, 0.1) is 17.5 Å². The Morgan fingerprint density at radius 3 is 2.62 bits per heavy atom. The lowest BCUT2D eigenvalue weighted by atomic mass is 10.2. The van der Waals surface area contributed by atoms with Crippen LogP contribution in [0.4, 0.5) is 18.9 Å². The molecular weight excluding hydrogens is 221 g/mol. The Bertz CT molecular complexity index is 407. The van der Waals surface area contributed by atoms with Crippen LogP contribution in [0.15, 0.2) is 12.1 Å². The fourth-order valence-corrected chi connectivity index (χ4v) is 1.14. The van der Waals surface area contributed by atoms with E-state index in [2.05, 4.69) is 0 Å². The summed E-state index contributed by atoms with van der Waals surface area (Å²) in [5.74, 6) is -4.20. The van der Waals surface area contributed by atoms with E-state index in [1.165, 1.54) is 0 Å². The number of benzene rings is 1. The molecule has 0 aliphatic rings. The first-order valence-corrected chi connectivity index (χ1v) is 4.60. The van der Waals surface area contributed by atoms with E-state index in [9.17, 15) is 18.0 Å². The fraction of sp³-hybridized carbons (Fsp3) is 0.300. The fourth-order valence-electron chi connectivity index (χ4n) is 1.14. The highest BCUT2D eigenvalue weighted by Gasteiger charge is 2.14. The standard InChI is InChI=1S/C10H11F3N2O/c1-5(14)2-9(16)15-8-4-6(11)3-7(12)10(8)13/h3-5H,2,14H2,1H3,(H,15,16). The highest BCUT2D eigenvalue weighted by molar-refractivity contribution is 5.91. The Morgan fingerprint density at radius 2 is 2.06 bits per heavy atom. The molecule has 0 radical (unpaired) electrons. The van der Waals surface area contributed by atoms with E-state index in [-0.39, 0.29) is 6.42 Å². The number of nitrogens with one attached hydrogen (secondary N) is 1. The lowest BCUT2D eigenvalue weighted by molar-refractivity contribution is -0.116. The molecule has 0 saturated carbocycles. The summed E-state index contributed by atoms with van der Waals surface area (Å²) < 4.78 is 38.6. The first-order valence-electron chi connectivity index (χ1n) is 4.60. The van der Waals surface area contributed by atoms with Crippen molar-refractivity contribution in [1.29, 1.82) is 0 Å². The summed E-state index contributed by atoms with van der Waals surface area (Å²) in [4.78, 5) is 11.2. The lowest BCUT2D eigenvalue weighted by Crippen LogP contribution is -2.24. The van der Waals surface area contributed by atoms with Crippen molar-refractivity contribution in [3.05, 3.63) is 29.6 Å². The van der Waals surface area contributed by atoms with Gasteiger partial charge in [-0.3, -0.25) is 4.79 Å². The van der Waals surface area contributed by atoms with Gasteiger partial charge in [0.25, 0.3) is 0 Å². The first-order chi connectivity index (χ1) is 7.40. The second kappa shape index (κ2) is 4.98. The first kappa shape index (κ1) is 12.5. The van der Waals surface area contributed by atoms with Gasteiger partial charge in [-0.25, -0.2) is 13.2 Å². The molecule has 0 spiro atoms. The molecule has 0 aliphatic heterocycles. The Kier molecular flexibility index (Phi) is 3.89. The summed E-state index contributed by atoms with van der Waals surface area (Å²) in [6.07, 6.45) is -0.0580. The SMILES string of the molecule is CC(N)CC(=O)Nc1cc(F)cc(F)c1F. The van der Waals surface area contributed by atoms with Crippen molar-refractivity contribution in [2.24, 2.45) is 5.73 Å². The van der Waals surface area contributed by atoms with Gasteiger partial charge >= 0.3 is 0 Å². The topological polar surface area (TPSA) is 55.1 Å². The highest BCUT2D eigenvalue weighted by atomic mass is 19.2. The Balaban J connectivity index is 2.85. The smallest absolute Gasteiger partial charge is 0.226 e. The van der Waals surface area contributed by atoms with Crippen molar-refractivity contribution in [2.75, 3.05) is 5.32 Å². The molecule has 0 saturated heterocycles. The molecule has 1 aromatic rings. The van der Waals surface area contributed by atoms with Gasteiger partial charge in [-0.15, -0.1) is 0 Å². The zero-order valence-corrected chi connectivity index (χ0v) is 8.56. The zero-order chi connectivity index (χ0) is 12.3. The predicted molar refractivity (Wildman–Crippen MR) is 53.2 cm³/mol. The molecule has 3 nitrogen and oxygen atoms in total. The molecular formula is C10H11F3N2O. The van der Waals surface area contributed by atoms with Crippen LogP contribution in [-0.2, 0) is 4.79 Å². The lowest BCUT2D eigenvalue weighted by Gasteiger charge is -2.08. The Morgan fingerprint density at radius 1 is 1.44 bits per heavy atom. The molecule has 1 aromatic carbocycles. The number of rotatable bonds is 3. The van der Waals surface area contributed by atoms with Crippen LogP contribution in [0.5, 0.6) is 0 Å². The molecule has 1 rings (SSSR count). The molecule has 0 aliphatic carbocycles. The molecule has 6 heteroatoms. The van der Waals surface area contributed by atoms with E-state index in [1.54, 1.807) is 6.92 Å². The largest absolute Gasteiger partial charge is 0.327 e. The molecule has 16 heavy (non-hydrogen) atoms. The van der Waals surface area contributed by atoms with Gasteiger partial charge in [0.1, 0.15) is 5.82 Å². The van der Waals surface area contributed by atoms with E-state index < -0.39 is 35.1 Å². The molecule has 1 atom stereocenters. The molecule has 3 N–H and O–H groups in total. The third kappa shape index (κ3) is 3.23. The average molecular weight is 232 g/mol. The zero-order valence-electron chi connectivity index (χ0n) is 8.56. The normalized spacial score (nSPS) is 12.3. The minimum absolute atomic E-state index is 0.0580. The summed E-state index contributed by atoms with van der Waals surface area (Å²) in [6, 6.07) is 0.690. The molecule has 0 aromatic heterocycles. The maximum absolute atomic E-state index is 13.1. The van der Waals surface area contributed by atoms with Gasteiger partial charge in [-0.05, 0) is 6.92 Å². The summed E-state index contributed by atoms with van der Waals surface area (Å²) in [7, 11) is 0. The maximum Gasteiger partial charge on any atom is 0.226 e. The van der Waals surface area contributed by atoms with E-state index >= 15 is 0 Å². The van der Waals surface area contributed by atoms with Crippen molar-refractivity contribution >= 4 is 11.6 Å². The van der Waals surface area contributed by atoms with E-state index in [4.69, 9.17) is 5.73 Å². The number of amides is 1. The van der Waals surface area contributed by atoms with Gasteiger partial charge in [0.2, 0.25) is 5.91 Å². The third-order valence-electron chi connectivity index (χ3n) is 1.77. The van der Waals surface area contributed by atoms with Crippen LogP contribution in [-0.4, -0.2) is 11.9 Å². The van der Waals surface area contributed by atoms with Crippen LogP contribution >= 0.6 is 0 Å². The van der Waals surface area contributed by atoms with Gasteiger partial charge in [-0.2, -0.15) is 0 Å². The van der Waals surface area contributed by atoms with Crippen molar-refractivity contribution < 1.29 is 18.0 Å². The Hall–Kier alpha value is -1.56. The van der Waals surface area contributed by atoms with Gasteiger partial charge in [0, 0.05) is 24.6 Å². The number of hydrogen-bond acceptors (Lipinski definition) is 2. The number of carbonyl (C=O) groups excluding carboxylic acids is 1. The van der Waals surface area contributed by atoms with Crippen LogP contribution in [0.1, 0.15) is 13.3 Å². The van der Waals surface area contributed by atoms with Crippen molar-refractivity contribution in [2.45, 2.75) is 19.4 Å². The van der Waals surface area contributed by atoms with Crippen LogP contribution in [0.25, 0.3) is 0 Å². The quantitative estimate of drug-likeness (QED) is 0.780. The van der Waals surface area contributed by atoms with E-state index in [0.717, 1.165) is 0 Å². The average Bonchev–Trinajstić information content (AvgIpc) is 2.11. The third-order valence-corrected chi connectivity index (χ3v) is 1.77. The minimum Gasteiger partial charge on any atom is -0.327 e. The molecule has 0 bridgehead atoms. The molecule has 88 valence electrons. The van der Waals surface area contributed by atoms with Gasteiger partial charge < -0.3 is 11.1 Å². The molecule has 1 unspecified atom stereocenters. The second-order valence-electron chi connectivity index (χ2n) is 3.48. The summed E-state index contributed by atoms with van der Waals surface area (Å²) in [5.41, 5.74) is 4.82. The summed E-state index contributed by atoms with van der Waals surface area (Å²) >= 11 is 0. The van der Waals surface area contributed by atoms with Crippen LogP contribution < -0.4 is 11.1 Å². The summed E-state index contributed by atoms with van der Waals surface area (Å²) in [6.45, 7) is 1.59. The van der Waals surface area contributed by atoms with Crippen molar-refractivity contribution in [3.63, 3.8) is 0 Å². The maximum atomic E-state index is 13.1. The minimum atomic E-state index is -1.35. The second-order valence-corrected chi connectivity index (χ2v) is 3.48. The Labute approximate surface area is 90.4 Å². The number of halogens is 3. The monoisotopic (exact) mass is 232 g/mol. The molecule has 0 fully saturated rings. The van der Waals surface area contributed by atoms with Crippen molar-refractivity contribution in [1.82, 2.24) is 0 Å². The van der Waals surface area contributed by atoms with Gasteiger partial charge in [-0.1, -0.05) is 0 Å². The highest BCUT2D eigenvalue weighted by Crippen LogP contribution is 2.19. The van der Waals surface area contributed by atoms with Crippen LogP contribution in [0.3, 0.4) is 0 Å². The number of nitrogens with two attached hydrogens (primary N) is 1. The van der Waals surface area contributed by atoms with E-state index in [0.29, 0.717) is 12.1 Å². The van der Waals surface area contributed by atoms with Crippen LogP contribution in [0.2, 0.25) is 0 Å². The number of carbonyl (C=O) groups is 1. The van der Waals surface area contributed by atoms with Gasteiger partial charge in [0.05, 0.1) is 5.69 Å². The van der Waals surface area contributed by atoms with E-state index in [1.807, 2.05) is 5.32 Å². The molecule has 0 heterocycles. The number of hydrogen-bond donors (Lipinski definition) is 2.